The molecule has 78 valence electrons. The normalized spacial score (nSPS) is 27.5. The topological polar surface area (TPSA) is 24.5 Å². The van der Waals surface area contributed by atoms with Gasteiger partial charge >= 0.3 is 0 Å². The number of nitrogens with zero attached hydrogens (tertiary/aromatic N) is 1. The van der Waals surface area contributed by atoms with Crippen molar-refractivity contribution in [1.82, 2.24) is 10.2 Å². The van der Waals surface area contributed by atoms with E-state index >= 15 is 0 Å². The van der Waals surface area contributed by atoms with Crippen LogP contribution >= 0.6 is 0 Å². The molecule has 0 saturated carbocycles. The summed E-state index contributed by atoms with van der Waals surface area (Å²) >= 11 is 0. The van der Waals surface area contributed by atoms with Crippen molar-refractivity contribution in [3.8, 4) is 0 Å². The molecule has 0 aromatic rings. The zero-order chi connectivity index (χ0) is 9.68. The molecule has 0 aromatic carbocycles. The van der Waals surface area contributed by atoms with Crippen LogP contribution in [0.1, 0.15) is 20.3 Å². The van der Waals surface area contributed by atoms with E-state index in [1.165, 1.54) is 13.0 Å². The molecule has 1 saturated heterocycles. The Morgan fingerprint density at radius 2 is 2.38 bits per heavy atom. The lowest BCUT2D eigenvalue weighted by atomic mass is 10.2. The molecule has 0 bridgehead atoms. The van der Waals surface area contributed by atoms with Crippen molar-refractivity contribution in [2.45, 2.75) is 32.4 Å². The Bertz CT molecular complexity index is 141. The van der Waals surface area contributed by atoms with Gasteiger partial charge in [0.25, 0.3) is 0 Å². The predicted molar refractivity (Wildman–Crippen MR) is 55.0 cm³/mol. The summed E-state index contributed by atoms with van der Waals surface area (Å²) in [6.45, 7) is 8.65. The molecule has 2 atom stereocenters. The Kier molecular flexibility index (Phi) is 4.70. The van der Waals surface area contributed by atoms with Crippen molar-refractivity contribution < 1.29 is 4.74 Å². The Morgan fingerprint density at radius 1 is 1.62 bits per heavy atom. The first kappa shape index (κ1) is 11.0. The first-order valence-electron chi connectivity index (χ1n) is 5.23. The lowest BCUT2D eigenvalue weighted by Crippen LogP contribution is -2.42. The van der Waals surface area contributed by atoms with Crippen LogP contribution in [0.15, 0.2) is 0 Å². The van der Waals surface area contributed by atoms with Gasteiger partial charge in [-0.2, -0.15) is 0 Å². The molecule has 1 aliphatic heterocycles. The Labute approximate surface area is 81.4 Å². The molecule has 1 aliphatic rings. The van der Waals surface area contributed by atoms with Gasteiger partial charge in [-0.3, -0.25) is 4.90 Å². The highest BCUT2D eigenvalue weighted by Crippen LogP contribution is 2.05. The number of hydrogen-bond acceptors (Lipinski definition) is 3. The molecule has 0 radical (unpaired) electrons. The molecule has 1 N–H and O–H groups in total. The number of morpholine rings is 1. The maximum Gasteiger partial charge on any atom is 0.0674 e. The van der Waals surface area contributed by atoms with E-state index in [1.807, 2.05) is 7.05 Å². The maximum absolute atomic E-state index is 5.48. The van der Waals surface area contributed by atoms with Gasteiger partial charge in [0.1, 0.15) is 0 Å². The Hall–Kier alpha value is -0.120. The summed E-state index contributed by atoms with van der Waals surface area (Å²) in [4.78, 5) is 2.49. The molecule has 1 heterocycles. The number of rotatable bonds is 4. The van der Waals surface area contributed by atoms with Gasteiger partial charge in [0, 0.05) is 19.1 Å². The summed E-state index contributed by atoms with van der Waals surface area (Å²) in [6, 6.07) is 0.623. The average Bonchev–Trinajstić information content (AvgIpc) is 2.14. The number of hydrogen-bond donors (Lipinski definition) is 1. The molecular formula is C10H22N2O. The quantitative estimate of drug-likeness (QED) is 0.699. The number of ether oxygens (including phenoxy) is 1. The minimum absolute atomic E-state index is 0.415. The zero-order valence-electron chi connectivity index (χ0n) is 9.05. The first-order valence-corrected chi connectivity index (χ1v) is 5.23. The molecule has 3 heteroatoms. The lowest BCUT2D eigenvalue weighted by Gasteiger charge is -2.31. The van der Waals surface area contributed by atoms with Crippen LogP contribution in [0.4, 0.5) is 0 Å². The van der Waals surface area contributed by atoms with Crippen LogP contribution in [0.2, 0.25) is 0 Å². The van der Waals surface area contributed by atoms with Crippen molar-refractivity contribution in [3.05, 3.63) is 0 Å². The van der Waals surface area contributed by atoms with Crippen LogP contribution < -0.4 is 5.32 Å². The van der Waals surface area contributed by atoms with E-state index in [4.69, 9.17) is 4.74 Å². The second-order valence-electron chi connectivity index (χ2n) is 3.96. The van der Waals surface area contributed by atoms with Crippen LogP contribution in [-0.4, -0.2) is 50.3 Å². The highest BCUT2D eigenvalue weighted by Gasteiger charge is 2.16. The fraction of sp³-hybridized carbons (Fsp3) is 1.00. The molecule has 3 nitrogen and oxygen atoms in total. The van der Waals surface area contributed by atoms with Crippen LogP contribution in [-0.2, 0) is 4.74 Å². The third kappa shape index (κ3) is 4.07. The molecule has 1 rings (SSSR count). The van der Waals surface area contributed by atoms with Crippen molar-refractivity contribution in [2.75, 3.05) is 33.3 Å². The van der Waals surface area contributed by atoms with E-state index in [0.717, 1.165) is 19.7 Å². The average molecular weight is 186 g/mol. The van der Waals surface area contributed by atoms with Gasteiger partial charge in [-0.15, -0.1) is 0 Å². The van der Waals surface area contributed by atoms with E-state index in [9.17, 15) is 0 Å². The highest BCUT2D eigenvalue weighted by molar-refractivity contribution is 4.69. The molecule has 13 heavy (non-hydrogen) atoms. The maximum atomic E-state index is 5.48. The summed E-state index contributed by atoms with van der Waals surface area (Å²) in [5.41, 5.74) is 0. The summed E-state index contributed by atoms with van der Waals surface area (Å²) in [5, 5.41) is 3.26. The summed E-state index contributed by atoms with van der Waals surface area (Å²) in [7, 11) is 2.02. The van der Waals surface area contributed by atoms with E-state index in [2.05, 4.69) is 24.1 Å². The van der Waals surface area contributed by atoms with Gasteiger partial charge in [0.2, 0.25) is 0 Å². The molecular weight excluding hydrogens is 164 g/mol. The second kappa shape index (κ2) is 5.58. The van der Waals surface area contributed by atoms with Crippen molar-refractivity contribution in [1.29, 1.82) is 0 Å². The fourth-order valence-electron chi connectivity index (χ4n) is 1.61. The van der Waals surface area contributed by atoms with Crippen LogP contribution in [0.3, 0.4) is 0 Å². The summed E-state index contributed by atoms with van der Waals surface area (Å²) < 4.78 is 5.48. The van der Waals surface area contributed by atoms with E-state index < -0.39 is 0 Å². The van der Waals surface area contributed by atoms with Crippen LogP contribution in [0.25, 0.3) is 0 Å². The van der Waals surface area contributed by atoms with E-state index in [-0.39, 0.29) is 0 Å². The monoisotopic (exact) mass is 186 g/mol. The minimum atomic E-state index is 0.415. The zero-order valence-corrected chi connectivity index (χ0v) is 9.05. The van der Waals surface area contributed by atoms with Crippen molar-refractivity contribution in [2.24, 2.45) is 0 Å². The molecule has 1 fully saturated rings. The molecule has 0 aliphatic carbocycles. The smallest absolute Gasteiger partial charge is 0.0674 e. The fourth-order valence-corrected chi connectivity index (χ4v) is 1.61. The Morgan fingerprint density at radius 3 is 3.00 bits per heavy atom. The van der Waals surface area contributed by atoms with Gasteiger partial charge in [-0.1, -0.05) is 0 Å². The molecule has 0 spiro atoms. The largest absolute Gasteiger partial charge is 0.376 e. The first-order chi connectivity index (χ1) is 6.22. The standard InChI is InChI=1S/C10H22N2O/c1-9(11-3)4-5-12-6-7-13-10(2)8-12/h9-11H,4-8H2,1-3H3. The summed E-state index contributed by atoms with van der Waals surface area (Å²) in [5.74, 6) is 0. The summed E-state index contributed by atoms with van der Waals surface area (Å²) in [6.07, 6.45) is 1.64. The molecule has 0 amide bonds. The van der Waals surface area contributed by atoms with Crippen molar-refractivity contribution >= 4 is 0 Å². The van der Waals surface area contributed by atoms with Crippen molar-refractivity contribution in [3.63, 3.8) is 0 Å². The number of nitrogens with one attached hydrogen (secondary N) is 1. The molecule has 2 unspecified atom stereocenters. The Balaban J connectivity index is 2.13. The third-order valence-electron chi connectivity index (χ3n) is 2.70. The molecule has 0 aromatic heterocycles. The lowest BCUT2D eigenvalue weighted by molar-refractivity contribution is -0.0190. The predicted octanol–water partition coefficient (Wildman–Crippen LogP) is 0.705. The second-order valence-corrected chi connectivity index (χ2v) is 3.96. The van der Waals surface area contributed by atoms with Gasteiger partial charge in [0.15, 0.2) is 0 Å². The van der Waals surface area contributed by atoms with Gasteiger partial charge in [-0.25, -0.2) is 0 Å². The SMILES string of the molecule is CNC(C)CCN1CCOC(C)C1. The van der Waals surface area contributed by atoms with E-state index in [0.29, 0.717) is 12.1 Å². The van der Waals surface area contributed by atoms with Gasteiger partial charge in [-0.05, 0) is 33.9 Å². The van der Waals surface area contributed by atoms with Gasteiger partial charge in [0.05, 0.1) is 12.7 Å². The third-order valence-corrected chi connectivity index (χ3v) is 2.70. The van der Waals surface area contributed by atoms with Gasteiger partial charge < -0.3 is 10.1 Å². The minimum Gasteiger partial charge on any atom is -0.376 e. The van der Waals surface area contributed by atoms with E-state index in [1.54, 1.807) is 0 Å². The van der Waals surface area contributed by atoms with Crippen LogP contribution in [0, 0.1) is 0 Å². The van der Waals surface area contributed by atoms with Crippen LogP contribution in [0.5, 0.6) is 0 Å². The highest BCUT2D eigenvalue weighted by atomic mass is 16.5.